The number of nitro groups is 2. The van der Waals surface area contributed by atoms with Gasteiger partial charge in [0.25, 0.3) is 11.4 Å². The Balaban J connectivity index is 0.000000294. The van der Waals surface area contributed by atoms with Crippen molar-refractivity contribution in [2.75, 3.05) is 0 Å². The van der Waals surface area contributed by atoms with Crippen molar-refractivity contribution >= 4 is 93.3 Å². The number of carbonyl (C=O) groups is 7. The zero-order chi connectivity index (χ0) is 73.8. The van der Waals surface area contributed by atoms with Crippen LogP contribution in [0.4, 0.5) is 21.0 Å². The van der Waals surface area contributed by atoms with E-state index in [1.807, 2.05) is 129 Å². The molecule has 2 fully saturated rings. The van der Waals surface area contributed by atoms with Crippen molar-refractivity contribution in [1.29, 1.82) is 0 Å². The van der Waals surface area contributed by atoms with Gasteiger partial charge in [-0.05, 0) is 188 Å². The zero-order valence-electron chi connectivity index (χ0n) is 58.2. The van der Waals surface area contributed by atoms with Crippen LogP contribution in [0.5, 0.6) is 0 Å². The number of aliphatic hydroxyl groups is 1. The zero-order valence-corrected chi connectivity index (χ0v) is 58.2. The number of aliphatic hydroxyl groups excluding tert-OH is 1. The Kier molecular flexibility index (Phi) is 28.6. The number of hydrogen-bond donors (Lipinski definition) is 4. The summed E-state index contributed by atoms with van der Waals surface area (Å²) in [6.45, 7) is 27.8. The van der Waals surface area contributed by atoms with Gasteiger partial charge in [0, 0.05) is 28.8 Å². The van der Waals surface area contributed by atoms with Crippen molar-refractivity contribution < 1.29 is 82.2 Å². The molecule has 2 aliphatic rings. The van der Waals surface area contributed by atoms with Crippen molar-refractivity contribution in [3.8, 4) is 0 Å². The van der Waals surface area contributed by atoms with Crippen LogP contribution in [0, 0.1) is 56.7 Å². The summed E-state index contributed by atoms with van der Waals surface area (Å²) >= 11 is 0. The Labute approximate surface area is 569 Å². The molecule has 4 atom stereocenters. The van der Waals surface area contributed by atoms with Crippen LogP contribution in [0.2, 0.25) is 0 Å². The lowest BCUT2D eigenvalue weighted by molar-refractivity contribution is -0.385. The molecule has 6 aromatic rings. The number of nitro benzene ring substituents is 2. The standard InChI is InChI=1S/C28H36N2O5.C22H28N2O4.C16H12N2O7.C6H12O.CO2/c1-17(29-26(33)35-27(3,4)5)22-13-12-20-9-8-19(16-23(20)30-22)14-15-28(6,7)25(32)34-24(18(2)31)21-10-11-21;1-14(23-20(27)28-21(2,3)4)17-10-9-16-8-7-15(13-18(16)24-17)11-12-22(5,6)19(25)26;1-9-5-3-7-11(17(21)22)13(9)15(19)25-16(20)14-10(2)6-4-8-12(14)18(23)24;1-2-6(7)5-3-4-5;2-1-3/h8-9,12-17,21,24H,10-11H2,1-7H3,(H,29,33);7-14H,1-6H3,(H,23,27)(H,25,26);3-8H,1-2H3;5-7H,2-4H2,1H3;/b15-14+;12-11+;;;/t17-,24?;14-;;;/m11.../s1. The number of aromatic nitrogens is 2. The van der Waals surface area contributed by atoms with Crippen molar-refractivity contribution in [2.24, 2.45) is 22.7 Å². The van der Waals surface area contributed by atoms with Crippen molar-refractivity contribution in [3.05, 3.63) is 174 Å². The Bertz CT molecular complexity index is 3920. The summed E-state index contributed by atoms with van der Waals surface area (Å²) in [5.74, 6) is -3.06. The quantitative estimate of drug-likeness (QED) is 0.0192. The first-order valence-electron chi connectivity index (χ1n) is 31.7. The number of Topliss-reactive ketones (excluding diaryl/α,β-unsaturated/α-hetero) is 1. The molecule has 2 heterocycles. The van der Waals surface area contributed by atoms with Gasteiger partial charge in [0.15, 0.2) is 11.9 Å². The highest BCUT2D eigenvalue weighted by Crippen LogP contribution is 2.37. The molecule has 2 aliphatic carbocycles. The van der Waals surface area contributed by atoms with Crippen LogP contribution in [-0.4, -0.2) is 101 Å². The number of carboxylic acids is 1. The molecule has 0 saturated heterocycles. The van der Waals surface area contributed by atoms with Crippen LogP contribution in [0.15, 0.2) is 109 Å². The van der Waals surface area contributed by atoms with Gasteiger partial charge in [0.2, 0.25) is 0 Å². The molecule has 8 rings (SSSR count). The number of ether oxygens (including phenoxy) is 4. The van der Waals surface area contributed by atoms with Gasteiger partial charge in [-0.3, -0.25) is 44.6 Å². The molecular weight excluding hydrogens is 1260 g/mol. The van der Waals surface area contributed by atoms with Crippen LogP contribution in [0.3, 0.4) is 0 Å². The third-order valence-electron chi connectivity index (χ3n) is 15.0. The fourth-order valence-electron chi connectivity index (χ4n) is 9.17. The predicted octanol–water partition coefficient (Wildman–Crippen LogP) is 14.4. The summed E-state index contributed by atoms with van der Waals surface area (Å²) in [6.07, 6.45) is 11.0. The molecule has 0 aliphatic heterocycles. The second-order valence-corrected chi connectivity index (χ2v) is 26.8. The number of aliphatic carboxylic acids is 1. The first kappa shape index (κ1) is 80.0. The number of esters is 3. The van der Waals surface area contributed by atoms with Crippen LogP contribution in [0.1, 0.15) is 195 Å². The molecule has 25 nitrogen and oxygen atoms in total. The van der Waals surface area contributed by atoms with Gasteiger partial charge in [0.1, 0.15) is 22.3 Å². The number of rotatable bonds is 19. The van der Waals surface area contributed by atoms with Gasteiger partial charge in [-0.15, -0.1) is 0 Å². The number of nitrogens with zero attached hydrogens (tertiary/aromatic N) is 4. The Morgan fingerprint density at radius 2 is 1.00 bits per heavy atom. The third kappa shape index (κ3) is 25.3. The van der Waals surface area contributed by atoms with Crippen molar-refractivity contribution in [1.82, 2.24) is 20.6 Å². The normalized spacial score (nSPS) is 14.1. The summed E-state index contributed by atoms with van der Waals surface area (Å²) in [7, 11) is 0. The number of carbonyl (C=O) groups excluding carboxylic acids is 8. The number of nitrogens with one attached hydrogen (secondary N) is 2. The minimum absolute atomic E-state index is 0.0139. The van der Waals surface area contributed by atoms with E-state index in [2.05, 4.69) is 20.4 Å². The van der Waals surface area contributed by atoms with E-state index in [-0.39, 0.29) is 58.3 Å². The number of fused-ring (bicyclic) bond motifs is 2. The van der Waals surface area contributed by atoms with E-state index in [1.165, 1.54) is 57.9 Å². The van der Waals surface area contributed by atoms with Gasteiger partial charge in [-0.1, -0.05) is 91.9 Å². The average molecular weight is 1350 g/mol. The number of benzene rings is 4. The third-order valence-corrected chi connectivity index (χ3v) is 15.0. The van der Waals surface area contributed by atoms with E-state index in [4.69, 9.17) is 33.9 Å². The first-order valence-corrected chi connectivity index (χ1v) is 31.7. The highest BCUT2D eigenvalue weighted by molar-refractivity contribution is 6.07. The lowest BCUT2D eigenvalue weighted by Gasteiger charge is -2.22. The van der Waals surface area contributed by atoms with Gasteiger partial charge in [-0.2, -0.15) is 9.59 Å². The molecule has 98 heavy (non-hydrogen) atoms. The summed E-state index contributed by atoms with van der Waals surface area (Å²) < 4.78 is 20.9. The maximum atomic E-state index is 12.8. The fourth-order valence-corrected chi connectivity index (χ4v) is 9.17. The van der Waals surface area contributed by atoms with Crippen molar-refractivity contribution in [3.63, 3.8) is 0 Å². The van der Waals surface area contributed by atoms with E-state index >= 15 is 0 Å². The molecule has 2 unspecified atom stereocenters. The largest absolute Gasteiger partial charge is 0.481 e. The Morgan fingerprint density at radius 1 is 0.622 bits per heavy atom. The highest BCUT2D eigenvalue weighted by Gasteiger charge is 2.40. The molecule has 25 heteroatoms. The summed E-state index contributed by atoms with van der Waals surface area (Å²) in [4.78, 5) is 131. The van der Waals surface area contributed by atoms with Gasteiger partial charge in [0.05, 0.1) is 61.3 Å². The lowest BCUT2D eigenvalue weighted by Crippen LogP contribution is -2.34. The van der Waals surface area contributed by atoms with Gasteiger partial charge < -0.3 is 39.8 Å². The van der Waals surface area contributed by atoms with Crippen LogP contribution in [0.25, 0.3) is 34.0 Å². The van der Waals surface area contributed by atoms with Gasteiger partial charge >= 0.3 is 42.2 Å². The number of carboxylic acid groups (broad SMARTS) is 1. The second-order valence-electron chi connectivity index (χ2n) is 26.8. The molecule has 4 N–H and O–H groups in total. The summed E-state index contributed by atoms with van der Waals surface area (Å²) in [5, 5.41) is 47.9. The minimum Gasteiger partial charge on any atom is -0.481 e. The highest BCUT2D eigenvalue weighted by atomic mass is 16.6. The number of ketones is 1. The molecule has 524 valence electrons. The SMILES string of the molecule is CC(=O)C(OC(=O)C(C)(C)/C=C/c1ccc2ccc([C@@H](C)NC(=O)OC(C)(C)C)nc2c1)C1CC1.CCC(O)C1CC1.C[C@@H](NC(=O)OC(C)(C)C)c1ccc2ccc(/C=C/C(C)(C)C(=O)O)cc2n1.Cc1cccc([N+](=O)[O-])c1C(=O)OC(=O)c1c(C)cccc1[N+](=O)[O-].O=C=O. The van der Waals surface area contributed by atoms with Gasteiger partial charge in [-0.25, -0.2) is 19.2 Å². The van der Waals surface area contributed by atoms with E-state index in [0.29, 0.717) is 17.3 Å². The maximum absolute atomic E-state index is 12.8. The van der Waals surface area contributed by atoms with Crippen LogP contribution < -0.4 is 10.6 Å². The summed E-state index contributed by atoms with van der Waals surface area (Å²) in [6, 6.07) is 26.5. The van der Waals surface area contributed by atoms with E-state index in [1.54, 1.807) is 45.9 Å². The maximum Gasteiger partial charge on any atom is 0.408 e. The van der Waals surface area contributed by atoms with E-state index in [9.17, 15) is 58.9 Å². The number of pyridine rings is 2. The lowest BCUT2D eigenvalue weighted by atomic mass is 9.92. The smallest absolute Gasteiger partial charge is 0.408 e. The number of aryl methyl sites for hydroxylation is 2. The average Bonchev–Trinajstić information content (AvgIpc) is 1.73. The molecule has 0 bridgehead atoms. The fraction of sp³-hybridized carbons (Fsp3) is 0.425. The van der Waals surface area contributed by atoms with Crippen LogP contribution >= 0.6 is 0 Å². The molecule has 4 aromatic carbocycles. The van der Waals surface area contributed by atoms with Crippen molar-refractivity contribution in [2.45, 2.75) is 178 Å². The first-order chi connectivity index (χ1) is 45.6. The number of alkyl carbamates (subject to hydrolysis) is 2. The van der Waals surface area contributed by atoms with E-state index in [0.717, 1.165) is 64.3 Å². The van der Waals surface area contributed by atoms with Crippen LogP contribution in [-0.2, 0) is 42.9 Å². The molecule has 2 aromatic heterocycles. The molecule has 0 radical (unpaired) electrons. The molecule has 0 spiro atoms. The number of amides is 2. The minimum atomic E-state index is -1.24. The number of hydrogen-bond acceptors (Lipinski definition) is 20. The predicted molar refractivity (Wildman–Crippen MR) is 365 cm³/mol. The summed E-state index contributed by atoms with van der Waals surface area (Å²) in [5.41, 5.74) is 0.419. The second kappa shape index (κ2) is 35.0. The topological polar surface area (TPSA) is 367 Å². The molecular formula is C73H88N6O19. The monoisotopic (exact) mass is 1350 g/mol. The Hall–Kier alpha value is -10.4. The molecule has 2 amide bonds. The Morgan fingerprint density at radius 3 is 1.33 bits per heavy atom. The van der Waals surface area contributed by atoms with E-state index < -0.39 is 85.4 Å². The molecule has 2 saturated carbocycles.